The number of ether oxygens (including phenoxy) is 1. The van der Waals surface area contributed by atoms with E-state index in [4.69, 9.17) is 4.74 Å². The van der Waals surface area contributed by atoms with Gasteiger partial charge in [0.1, 0.15) is 0 Å². The van der Waals surface area contributed by atoms with Crippen LogP contribution in [0.5, 0.6) is 0 Å². The van der Waals surface area contributed by atoms with Crippen LogP contribution in [0.15, 0.2) is 18.2 Å². The molecule has 2 atom stereocenters. The van der Waals surface area contributed by atoms with Crippen LogP contribution in [-0.4, -0.2) is 5.60 Å². The van der Waals surface area contributed by atoms with E-state index in [1.807, 2.05) is 0 Å². The first-order chi connectivity index (χ1) is 7.42. The summed E-state index contributed by atoms with van der Waals surface area (Å²) in [4.78, 5) is 0. The minimum Gasteiger partial charge on any atom is -0.364 e. The number of rotatable bonds is 0. The molecule has 1 aliphatic carbocycles. The lowest BCUT2D eigenvalue weighted by atomic mass is 9.65. The molecule has 1 heteroatoms. The quantitative estimate of drug-likeness (QED) is 0.639. The van der Waals surface area contributed by atoms with Crippen molar-refractivity contribution in [3.05, 3.63) is 34.9 Å². The third kappa shape index (κ3) is 1.21. The van der Waals surface area contributed by atoms with E-state index in [0.717, 1.165) is 6.42 Å². The summed E-state index contributed by atoms with van der Waals surface area (Å²) < 4.78 is 6.33. The topological polar surface area (TPSA) is 9.23 Å². The molecule has 2 aliphatic heterocycles. The van der Waals surface area contributed by atoms with Crippen LogP contribution in [0.2, 0.25) is 0 Å². The molecule has 1 aromatic rings. The minimum absolute atomic E-state index is 0.00616. The summed E-state index contributed by atoms with van der Waals surface area (Å²) in [5.74, 6) is 0.573. The number of aryl methyl sites for hydroxylation is 1. The van der Waals surface area contributed by atoms with Crippen LogP contribution < -0.4 is 0 Å². The van der Waals surface area contributed by atoms with E-state index in [9.17, 15) is 0 Å². The van der Waals surface area contributed by atoms with Gasteiger partial charge in [0.2, 0.25) is 0 Å². The van der Waals surface area contributed by atoms with Crippen molar-refractivity contribution >= 4 is 0 Å². The average Bonchev–Trinajstić information content (AvgIpc) is 2.14. The molecule has 0 radical (unpaired) electrons. The van der Waals surface area contributed by atoms with Gasteiger partial charge in [-0.3, -0.25) is 0 Å². The summed E-state index contributed by atoms with van der Waals surface area (Å²) in [6.07, 6.45) is 2.43. The maximum atomic E-state index is 6.33. The Morgan fingerprint density at radius 1 is 1.25 bits per heavy atom. The molecule has 1 saturated heterocycles. The average molecular weight is 216 g/mol. The molecular formula is C15H20O. The van der Waals surface area contributed by atoms with Crippen LogP contribution in [0, 0.1) is 6.92 Å². The van der Waals surface area contributed by atoms with Crippen molar-refractivity contribution in [3.63, 3.8) is 0 Å². The van der Waals surface area contributed by atoms with E-state index in [1.54, 1.807) is 0 Å². The Morgan fingerprint density at radius 3 is 2.69 bits per heavy atom. The Hall–Kier alpha value is -0.820. The molecule has 3 aliphatic rings. The molecular weight excluding hydrogens is 196 g/mol. The molecule has 1 nitrogen and oxygen atoms in total. The Balaban J connectivity index is 2.24. The normalized spacial score (nSPS) is 34.9. The zero-order valence-corrected chi connectivity index (χ0v) is 10.6. The summed E-state index contributed by atoms with van der Waals surface area (Å²) in [5, 5.41) is 0. The molecule has 2 bridgehead atoms. The summed E-state index contributed by atoms with van der Waals surface area (Å²) in [6, 6.07) is 6.84. The largest absolute Gasteiger partial charge is 0.364 e. The highest BCUT2D eigenvalue weighted by molar-refractivity contribution is 5.43. The van der Waals surface area contributed by atoms with Crippen molar-refractivity contribution in [1.29, 1.82) is 0 Å². The van der Waals surface area contributed by atoms with Gasteiger partial charge in [-0.1, -0.05) is 23.8 Å². The highest BCUT2D eigenvalue weighted by atomic mass is 16.5. The number of hydrogen-bond acceptors (Lipinski definition) is 1. The first kappa shape index (κ1) is 10.3. The molecule has 4 rings (SSSR count). The molecule has 1 unspecified atom stereocenters. The third-order valence-electron chi connectivity index (χ3n) is 4.39. The van der Waals surface area contributed by atoms with Crippen molar-refractivity contribution < 1.29 is 4.74 Å². The van der Waals surface area contributed by atoms with E-state index in [2.05, 4.69) is 45.9 Å². The zero-order chi connectivity index (χ0) is 11.6. The van der Waals surface area contributed by atoms with Gasteiger partial charge in [0.15, 0.2) is 0 Å². The van der Waals surface area contributed by atoms with Crippen LogP contribution >= 0.6 is 0 Å². The van der Waals surface area contributed by atoms with Crippen LogP contribution in [0.25, 0.3) is 0 Å². The fourth-order valence-electron chi connectivity index (χ4n) is 3.64. The first-order valence-electron chi connectivity index (χ1n) is 6.24. The molecule has 16 heavy (non-hydrogen) atoms. The summed E-state index contributed by atoms with van der Waals surface area (Å²) in [5.41, 5.74) is 4.26. The summed E-state index contributed by atoms with van der Waals surface area (Å²) in [6.45, 7) is 8.90. The first-order valence-corrected chi connectivity index (χ1v) is 6.24. The third-order valence-corrected chi connectivity index (χ3v) is 4.39. The van der Waals surface area contributed by atoms with Crippen molar-refractivity contribution in [2.24, 2.45) is 0 Å². The van der Waals surface area contributed by atoms with Crippen LogP contribution in [0.4, 0.5) is 0 Å². The van der Waals surface area contributed by atoms with Crippen molar-refractivity contribution in [3.8, 4) is 0 Å². The Bertz CT molecular complexity index is 447. The molecule has 1 aromatic carbocycles. The minimum atomic E-state index is -0.0543. The number of fused-ring (bicyclic) bond motifs is 2. The van der Waals surface area contributed by atoms with Crippen molar-refractivity contribution in [2.45, 2.75) is 57.7 Å². The van der Waals surface area contributed by atoms with Gasteiger partial charge < -0.3 is 4.74 Å². The van der Waals surface area contributed by atoms with E-state index < -0.39 is 0 Å². The standard InChI is InChI=1S/C15H20O/c1-10-5-6-13-11(9-10)12-7-8-15(13,4)16-14(12,2)3/h5-6,9,12H,7-8H2,1-4H3/t12?,15-/m1/s1. The van der Waals surface area contributed by atoms with E-state index in [1.165, 1.54) is 23.1 Å². The molecule has 0 N–H and O–H groups in total. The molecule has 0 saturated carbocycles. The second-order valence-electron chi connectivity index (χ2n) is 6.12. The predicted molar refractivity (Wildman–Crippen MR) is 65.7 cm³/mol. The maximum Gasteiger partial charge on any atom is 0.0913 e. The van der Waals surface area contributed by atoms with Gasteiger partial charge >= 0.3 is 0 Å². The van der Waals surface area contributed by atoms with E-state index >= 15 is 0 Å². The molecule has 0 amide bonds. The van der Waals surface area contributed by atoms with Gasteiger partial charge in [-0.2, -0.15) is 0 Å². The SMILES string of the molecule is Cc1ccc2c(c1)C1CC[C@@]2(C)OC1(C)C. The number of benzene rings is 1. The molecule has 0 aromatic heterocycles. The van der Waals surface area contributed by atoms with Gasteiger partial charge in [0, 0.05) is 5.92 Å². The predicted octanol–water partition coefficient (Wildman–Crippen LogP) is 3.90. The van der Waals surface area contributed by atoms with Crippen molar-refractivity contribution in [1.82, 2.24) is 0 Å². The Kier molecular flexibility index (Phi) is 1.87. The lowest BCUT2D eigenvalue weighted by molar-refractivity contribution is -0.195. The monoisotopic (exact) mass is 216 g/mol. The van der Waals surface area contributed by atoms with Crippen LogP contribution in [0.1, 0.15) is 56.2 Å². The second-order valence-corrected chi connectivity index (χ2v) is 6.12. The van der Waals surface area contributed by atoms with Gasteiger partial charge in [0.05, 0.1) is 11.2 Å². The second kappa shape index (κ2) is 2.89. The summed E-state index contributed by atoms with van der Waals surface area (Å²) in [7, 11) is 0. The lowest BCUT2D eigenvalue weighted by Crippen LogP contribution is -2.51. The Morgan fingerprint density at radius 2 is 2.00 bits per heavy atom. The summed E-state index contributed by atoms with van der Waals surface area (Å²) >= 11 is 0. The maximum absolute atomic E-state index is 6.33. The van der Waals surface area contributed by atoms with Crippen LogP contribution in [-0.2, 0) is 10.3 Å². The van der Waals surface area contributed by atoms with Crippen molar-refractivity contribution in [2.75, 3.05) is 0 Å². The van der Waals surface area contributed by atoms with Crippen LogP contribution in [0.3, 0.4) is 0 Å². The number of hydrogen-bond donors (Lipinski definition) is 0. The van der Waals surface area contributed by atoms with E-state index in [-0.39, 0.29) is 11.2 Å². The van der Waals surface area contributed by atoms with Gasteiger partial charge in [-0.25, -0.2) is 0 Å². The lowest BCUT2D eigenvalue weighted by Gasteiger charge is -2.54. The zero-order valence-electron chi connectivity index (χ0n) is 10.6. The molecule has 1 fully saturated rings. The van der Waals surface area contributed by atoms with E-state index in [0.29, 0.717) is 5.92 Å². The van der Waals surface area contributed by atoms with Gasteiger partial charge in [-0.15, -0.1) is 0 Å². The highest BCUT2D eigenvalue weighted by Gasteiger charge is 2.51. The smallest absolute Gasteiger partial charge is 0.0913 e. The fraction of sp³-hybridized carbons (Fsp3) is 0.600. The van der Waals surface area contributed by atoms with Gasteiger partial charge in [-0.05, 0) is 51.7 Å². The Labute approximate surface area is 97.8 Å². The molecule has 0 spiro atoms. The van der Waals surface area contributed by atoms with Gasteiger partial charge in [0.25, 0.3) is 0 Å². The highest BCUT2D eigenvalue weighted by Crippen LogP contribution is 2.56. The molecule has 86 valence electrons. The fourth-order valence-corrected chi connectivity index (χ4v) is 3.64. The molecule has 2 heterocycles.